The molecule has 0 aliphatic rings. The molecular formula is C24H22N2O4. The Morgan fingerprint density at radius 3 is 2.60 bits per heavy atom. The number of nitrogens with one attached hydrogen (secondary N) is 1. The van der Waals surface area contributed by atoms with Gasteiger partial charge in [-0.05, 0) is 60.5 Å². The standard InChI is InChI=1S/C24H22N2O4/c1-3-28-21-11-9-16(13-22(21)29-4-2)15-25-26-24(27)23-14-19-18-8-6-5-7-17(18)10-12-20(19)30-23/h5-15H,3-4H2,1-2H3,(H,26,27)/b25-15-. The van der Waals surface area contributed by atoms with Crippen molar-refractivity contribution < 1.29 is 18.7 Å². The zero-order valence-corrected chi connectivity index (χ0v) is 16.8. The fraction of sp³-hybridized carbons (Fsp3) is 0.167. The van der Waals surface area contributed by atoms with Crippen LogP contribution in [0.3, 0.4) is 0 Å². The van der Waals surface area contributed by atoms with Crippen molar-refractivity contribution in [3.63, 3.8) is 0 Å². The highest BCUT2D eigenvalue weighted by Crippen LogP contribution is 2.29. The maximum Gasteiger partial charge on any atom is 0.307 e. The summed E-state index contributed by atoms with van der Waals surface area (Å²) in [6.07, 6.45) is 1.55. The first-order valence-electron chi connectivity index (χ1n) is 9.84. The van der Waals surface area contributed by atoms with E-state index in [0.29, 0.717) is 30.3 Å². The van der Waals surface area contributed by atoms with E-state index in [-0.39, 0.29) is 5.76 Å². The molecule has 6 heteroatoms. The van der Waals surface area contributed by atoms with Gasteiger partial charge in [0.25, 0.3) is 0 Å². The Balaban J connectivity index is 1.51. The van der Waals surface area contributed by atoms with Crippen molar-refractivity contribution in [2.24, 2.45) is 5.10 Å². The number of hydrogen-bond acceptors (Lipinski definition) is 5. The molecule has 1 aromatic heterocycles. The van der Waals surface area contributed by atoms with E-state index in [4.69, 9.17) is 13.9 Å². The van der Waals surface area contributed by atoms with E-state index in [1.54, 1.807) is 12.3 Å². The highest BCUT2D eigenvalue weighted by atomic mass is 16.5. The lowest BCUT2D eigenvalue weighted by molar-refractivity contribution is 0.0929. The van der Waals surface area contributed by atoms with Gasteiger partial charge in [0.05, 0.1) is 19.4 Å². The second kappa shape index (κ2) is 8.69. The van der Waals surface area contributed by atoms with Gasteiger partial charge >= 0.3 is 5.91 Å². The van der Waals surface area contributed by atoms with E-state index < -0.39 is 5.91 Å². The van der Waals surface area contributed by atoms with Crippen LogP contribution in [0.4, 0.5) is 0 Å². The maximum atomic E-state index is 12.5. The monoisotopic (exact) mass is 402 g/mol. The summed E-state index contributed by atoms with van der Waals surface area (Å²) >= 11 is 0. The van der Waals surface area contributed by atoms with Gasteiger partial charge in [-0.2, -0.15) is 5.10 Å². The third kappa shape index (κ3) is 3.98. The molecule has 0 spiro atoms. The molecule has 1 amide bonds. The number of amides is 1. The van der Waals surface area contributed by atoms with Crippen LogP contribution in [-0.2, 0) is 0 Å². The number of rotatable bonds is 7. The highest BCUT2D eigenvalue weighted by Gasteiger charge is 2.13. The summed E-state index contributed by atoms with van der Waals surface area (Å²) in [5.41, 5.74) is 3.95. The summed E-state index contributed by atoms with van der Waals surface area (Å²) in [4.78, 5) is 12.5. The lowest BCUT2D eigenvalue weighted by Crippen LogP contribution is -2.16. The smallest absolute Gasteiger partial charge is 0.307 e. The number of furan rings is 1. The van der Waals surface area contributed by atoms with Gasteiger partial charge in [-0.3, -0.25) is 4.79 Å². The van der Waals surface area contributed by atoms with Gasteiger partial charge in [-0.15, -0.1) is 0 Å². The van der Waals surface area contributed by atoms with Gasteiger partial charge in [0.1, 0.15) is 5.58 Å². The Labute approximate surface area is 174 Å². The molecular weight excluding hydrogens is 380 g/mol. The van der Waals surface area contributed by atoms with Crippen LogP contribution in [-0.4, -0.2) is 25.3 Å². The van der Waals surface area contributed by atoms with E-state index in [1.165, 1.54) is 0 Å². The molecule has 1 N–H and O–H groups in total. The molecule has 4 rings (SSSR count). The molecule has 0 aliphatic heterocycles. The lowest BCUT2D eigenvalue weighted by atomic mass is 10.1. The zero-order chi connectivity index (χ0) is 20.9. The topological polar surface area (TPSA) is 73.1 Å². The molecule has 0 saturated carbocycles. The molecule has 30 heavy (non-hydrogen) atoms. The van der Waals surface area contributed by atoms with E-state index in [9.17, 15) is 4.79 Å². The molecule has 0 bridgehead atoms. The predicted molar refractivity (Wildman–Crippen MR) is 118 cm³/mol. The zero-order valence-electron chi connectivity index (χ0n) is 16.8. The van der Waals surface area contributed by atoms with Crippen LogP contribution in [0.5, 0.6) is 11.5 Å². The minimum Gasteiger partial charge on any atom is -0.490 e. The minimum atomic E-state index is -0.414. The number of hydrazone groups is 1. The average molecular weight is 402 g/mol. The maximum absolute atomic E-state index is 12.5. The van der Waals surface area contributed by atoms with Gasteiger partial charge in [0.15, 0.2) is 17.3 Å². The van der Waals surface area contributed by atoms with Crippen LogP contribution in [0.25, 0.3) is 21.7 Å². The normalized spacial score (nSPS) is 11.3. The van der Waals surface area contributed by atoms with Crippen LogP contribution in [0, 0.1) is 0 Å². The highest BCUT2D eigenvalue weighted by molar-refractivity contribution is 6.08. The van der Waals surface area contributed by atoms with Crippen molar-refractivity contribution in [1.29, 1.82) is 0 Å². The van der Waals surface area contributed by atoms with Crippen molar-refractivity contribution in [3.8, 4) is 11.5 Å². The average Bonchev–Trinajstić information content (AvgIpc) is 3.21. The molecule has 0 fully saturated rings. The first-order valence-corrected chi connectivity index (χ1v) is 9.84. The van der Waals surface area contributed by atoms with E-state index in [1.807, 2.05) is 68.4 Å². The van der Waals surface area contributed by atoms with Gasteiger partial charge in [0.2, 0.25) is 0 Å². The van der Waals surface area contributed by atoms with Gasteiger partial charge in [0, 0.05) is 5.39 Å². The second-order valence-electron chi connectivity index (χ2n) is 6.58. The van der Waals surface area contributed by atoms with Gasteiger partial charge in [-0.1, -0.05) is 30.3 Å². The fourth-order valence-electron chi connectivity index (χ4n) is 3.27. The predicted octanol–water partition coefficient (Wildman–Crippen LogP) is 5.15. The van der Waals surface area contributed by atoms with Crippen molar-refractivity contribution in [2.45, 2.75) is 13.8 Å². The van der Waals surface area contributed by atoms with Crippen LogP contribution in [0.1, 0.15) is 30.0 Å². The van der Waals surface area contributed by atoms with Crippen LogP contribution in [0.2, 0.25) is 0 Å². The number of ether oxygens (including phenoxy) is 2. The Kier molecular flexibility index (Phi) is 5.66. The lowest BCUT2D eigenvalue weighted by Gasteiger charge is -2.11. The number of benzene rings is 3. The molecule has 0 aliphatic carbocycles. The largest absolute Gasteiger partial charge is 0.490 e. The van der Waals surface area contributed by atoms with Crippen molar-refractivity contribution >= 4 is 33.9 Å². The van der Waals surface area contributed by atoms with Crippen LogP contribution >= 0.6 is 0 Å². The molecule has 0 unspecified atom stereocenters. The number of hydrogen-bond donors (Lipinski definition) is 1. The summed E-state index contributed by atoms with van der Waals surface area (Å²) in [7, 11) is 0. The molecule has 0 saturated heterocycles. The minimum absolute atomic E-state index is 0.209. The Morgan fingerprint density at radius 1 is 0.967 bits per heavy atom. The number of carbonyl (C=O) groups is 1. The van der Waals surface area contributed by atoms with E-state index >= 15 is 0 Å². The third-order valence-corrected chi connectivity index (χ3v) is 4.60. The summed E-state index contributed by atoms with van der Waals surface area (Å²) in [6, 6.07) is 19.0. The summed E-state index contributed by atoms with van der Waals surface area (Å²) in [6.45, 7) is 4.91. The van der Waals surface area contributed by atoms with Crippen molar-refractivity contribution in [1.82, 2.24) is 5.43 Å². The molecule has 3 aromatic carbocycles. The first kappa shape index (κ1) is 19.5. The Bertz CT molecular complexity index is 1230. The Morgan fingerprint density at radius 2 is 1.77 bits per heavy atom. The number of nitrogens with zero attached hydrogens (tertiary/aromatic N) is 1. The Hall–Kier alpha value is -3.80. The summed E-state index contributed by atoms with van der Waals surface area (Å²) in [5.74, 6) is 1.11. The van der Waals surface area contributed by atoms with Gasteiger partial charge in [-0.25, -0.2) is 5.43 Å². The number of carbonyl (C=O) groups excluding carboxylic acids is 1. The van der Waals surface area contributed by atoms with Crippen LogP contribution in [0.15, 0.2) is 70.2 Å². The third-order valence-electron chi connectivity index (χ3n) is 4.60. The molecule has 1 heterocycles. The quantitative estimate of drug-likeness (QED) is 0.343. The fourth-order valence-corrected chi connectivity index (χ4v) is 3.27. The molecule has 4 aromatic rings. The van der Waals surface area contributed by atoms with E-state index in [2.05, 4.69) is 10.5 Å². The van der Waals surface area contributed by atoms with Gasteiger partial charge < -0.3 is 13.9 Å². The van der Waals surface area contributed by atoms with Crippen molar-refractivity contribution in [3.05, 3.63) is 72.0 Å². The second-order valence-corrected chi connectivity index (χ2v) is 6.58. The first-order chi connectivity index (χ1) is 14.7. The van der Waals surface area contributed by atoms with Crippen LogP contribution < -0.4 is 14.9 Å². The molecule has 152 valence electrons. The SMILES string of the molecule is CCOc1ccc(/C=N\NC(=O)c2cc3c(ccc4ccccc43)o2)cc1OCC. The number of fused-ring (bicyclic) bond motifs is 3. The van der Waals surface area contributed by atoms with Crippen molar-refractivity contribution in [2.75, 3.05) is 13.2 Å². The van der Waals surface area contributed by atoms with E-state index in [0.717, 1.165) is 21.7 Å². The molecule has 6 nitrogen and oxygen atoms in total. The molecule has 0 radical (unpaired) electrons. The summed E-state index contributed by atoms with van der Waals surface area (Å²) in [5, 5.41) is 7.08. The molecule has 0 atom stereocenters. The summed E-state index contributed by atoms with van der Waals surface area (Å²) < 4.78 is 16.9.